The molecule has 4 heteroatoms. The lowest BCUT2D eigenvalue weighted by Gasteiger charge is -2.18. The number of hydrogen-bond donors (Lipinski definition) is 0. The van der Waals surface area contributed by atoms with Crippen LogP contribution in [0, 0.1) is 0 Å². The van der Waals surface area contributed by atoms with E-state index in [2.05, 4.69) is 0 Å². The van der Waals surface area contributed by atoms with E-state index in [0.29, 0.717) is 5.75 Å². The van der Waals surface area contributed by atoms with Gasteiger partial charge in [-0.1, -0.05) is 66.7 Å². The molecule has 0 saturated carbocycles. The minimum Gasteiger partial charge on any atom is -0.497 e. The second kappa shape index (κ2) is 9.90. The summed E-state index contributed by atoms with van der Waals surface area (Å²) in [4.78, 5) is 0. The van der Waals surface area contributed by atoms with Crippen LogP contribution in [0.1, 0.15) is 21.9 Å². The fourth-order valence-electron chi connectivity index (χ4n) is 2.99. The first-order valence-electron chi connectivity index (χ1n) is 9.08. The van der Waals surface area contributed by atoms with Crippen molar-refractivity contribution in [2.45, 2.75) is 5.25 Å². The van der Waals surface area contributed by atoms with Gasteiger partial charge in [0.2, 0.25) is 0 Å². The van der Waals surface area contributed by atoms with Gasteiger partial charge in [-0.2, -0.15) is 0 Å². The van der Waals surface area contributed by atoms with Crippen LogP contribution in [0.15, 0.2) is 84.9 Å². The first-order valence-corrected chi connectivity index (χ1v) is 10.5. The van der Waals surface area contributed by atoms with Crippen LogP contribution in [0.2, 0.25) is 0 Å². The Morgan fingerprint density at radius 1 is 0.786 bits per heavy atom. The second-order valence-corrected chi connectivity index (χ2v) is 7.85. The number of rotatable bonds is 8. The summed E-state index contributed by atoms with van der Waals surface area (Å²) >= 11 is 0. The molecule has 0 amide bonds. The van der Waals surface area contributed by atoms with Crippen molar-refractivity contribution in [2.75, 3.05) is 20.0 Å². The molecule has 3 aromatic rings. The Kier molecular flexibility index (Phi) is 7.04. The van der Waals surface area contributed by atoms with E-state index in [1.165, 1.54) is 0 Å². The van der Waals surface area contributed by atoms with Gasteiger partial charge in [0, 0.05) is 16.6 Å². The first-order chi connectivity index (χ1) is 13.7. The molecule has 3 aromatic carbocycles. The third-order valence-corrected chi connectivity index (χ3v) is 6.06. The molecule has 0 radical (unpaired) electrons. The Balaban J connectivity index is 1.85. The monoisotopic (exact) mass is 392 g/mol. The van der Waals surface area contributed by atoms with Gasteiger partial charge >= 0.3 is 0 Å². The molecule has 0 aromatic heterocycles. The van der Waals surface area contributed by atoms with Crippen molar-refractivity contribution >= 4 is 16.9 Å². The molecule has 0 fully saturated rings. The lowest BCUT2D eigenvalue weighted by Crippen LogP contribution is -2.11. The van der Waals surface area contributed by atoms with E-state index in [1.807, 2.05) is 91.0 Å². The van der Waals surface area contributed by atoms with Crippen molar-refractivity contribution in [1.29, 1.82) is 0 Å². The number of benzene rings is 3. The van der Waals surface area contributed by atoms with E-state index < -0.39 is 10.8 Å². The SMILES string of the molecule is COc1ccc(C(c2ccc(OC)cc2)S(=O)C/C=C/c2ccccc2)cc1. The lowest BCUT2D eigenvalue weighted by molar-refractivity contribution is 0.414. The van der Waals surface area contributed by atoms with Gasteiger partial charge in [-0.15, -0.1) is 0 Å². The molecule has 0 aliphatic heterocycles. The molecule has 0 spiro atoms. The van der Waals surface area contributed by atoms with Crippen LogP contribution >= 0.6 is 0 Å². The van der Waals surface area contributed by atoms with Gasteiger partial charge in [-0.3, -0.25) is 4.21 Å². The minimum atomic E-state index is -1.12. The van der Waals surface area contributed by atoms with Gasteiger partial charge in [0.15, 0.2) is 0 Å². The topological polar surface area (TPSA) is 35.5 Å². The average Bonchev–Trinajstić information content (AvgIpc) is 2.76. The summed E-state index contributed by atoms with van der Waals surface area (Å²) in [5.41, 5.74) is 3.10. The maximum atomic E-state index is 13.2. The zero-order chi connectivity index (χ0) is 19.8. The van der Waals surface area contributed by atoms with E-state index in [-0.39, 0.29) is 5.25 Å². The quantitative estimate of drug-likeness (QED) is 0.525. The third kappa shape index (κ3) is 5.11. The Labute approximate surface area is 169 Å². The van der Waals surface area contributed by atoms with Crippen molar-refractivity contribution in [3.63, 3.8) is 0 Å². The molecule has 3 rings (SSSR count). The summed E-state index contributed by atoms with van der Waals surface area (Å²) in [6, 6.07) is 25.6. The molecule has 0 aliphatic carbocycles. The third-order valence-electron chi connectivity index (χ3n) is 4.47. The molecule has 0 heterocycles. The van der Waals surface area contributed by atoms with Crippen molar-refractivity contribution in [1.82, 2.24) is 0 Å². The summed E-state index contributed by atoms with van der Waals surface area (Å²) < 4.78 is 23.8. The van der Waals surface area contributed by atoms with E-state index in [9.17, 15) is 4.21 Å². The maximum absolute atomic E-state index is 13.2. The Hall–Kier alpha value is -2.85. The van der Waals surface area contributed by atoms with Gasteiger partial charge in [-0.25, -0.2) is 0 Å². The zero-order valence-corrected chi connectivity index (χ0v) is 16.9. The Bertz CT molecular complexity index is 869. The predicted octanol–water partition coefficient (Wildman–Crippen LogP) is 5.26. The normalized spacial score (nSPS) is 12.2. The number of ether oxygens (including phenoxy) is 2. The smallest absolute Gasteiger partial charge is 0.118 e. The van der Waals surface area contributed by atoms with E-state index in [4.69, 9.17) is 9.47 Å². The van der Waals surface area contributed by atoms with Crippen LogP contribution in [-0.4, -0.2) is 24.2 Å². The lowest BCUT2D eigenvalue weighted by atomic mass is 10.0. The van der Waals surface area contributed by atoms with E-state index in [0.717, 1.165) is 28.2 Å². The summed E-state index contributed by atoms with van der Waals surface area (Å²) in [7, 11) is 2.16. The van der Waals surface area contributed by atoms with Crippen LogP contribution in [0.25, 0.3) is 6.08 Å². The fraction of sp³-hybridized carbons (Fsp3) is 0.167. The standard InChI is InChI=1S/C24H24O3S/c1-26-22-14-10-20(11-15-22)24(21-12-16-23(27-2)17-13-21)28(25)18-6-9-19-7-4-3-5-8-19/h3-17,24H,18H2,1-2H3/b9-6+. The molecular weight excluding hydrogens is 368 g/mol. The molecule has 3 nitrogen and oxygen atoms in total. The molecule has 1 atom stereocenters. The zero-order valence-electron chi connectivity index (χ0n) is 16.1. The molecule has 0 N–H and O–H groups in total. The summed E-state index contributed by atoms with van der Waals surface area (Å²) in [5, 5.41) is -0.225. The highest BCUT2D eigenvalue weighted by Gasteiger charge is 2.20. The highest BCUT2D eigenvalue weighted by Crippen LogP contribution is 2.31. The highest BCUT2D eigenvalue weighted by molar-refractivity contribution is 7.85. The van der Waals surface area contributed by atoms with Crippen molar-refractivity contribution in [2.24, 2.45) is 0 Å². The molecule has 0 aliphatic rings. The van der Waals surface area contributed by atoms with Crippen LogP contribution in [-0.2, 0) is 10.8 Å². The van der Waals surface area contributed by atoms with Gasteiger partial charge in [-0.05, 0) is 41.0 Å². The van der Waals surface area contributed by atoms with Crippen LogP contribution in [0.3, 0.4) is 0 Å². The molecular formula is C24H24O3S. The fourth-order valence-corrected chi connectivity index (χ4v) is 4.39. The summed E-state index contributed by atoms with van der Waals surface area (Å²) in [6.07, 6.45) is 3.99. The van der Waals surface area contributed by atoms with Gasteiger partial charge in [0.25, 0.3) is 0 Å². The van der Waals surface area contributed by atoms with Crippen LogP contribution in [0.5, 0.6) is 11.5 Å². The predicted molar refractivity (Wildman–Crippen MR) is 116 cm³/mol. The summed E-state index contributed by atoms with van der Waals surface area (Å²) in [5.74, 6) is 2.04. The van der Waals surface area contributed by atoms with Crippen molar-refractivity contribution in [3.8, 4) is 11.5 Å². The van der Waals surface area contributed by atoms with Crippen LogP contribution < -0.4 is 9.47 Å². The number of methoxy groups -OCH3 is 2. The van der Waals surface area contributed by atoms with E-state index in [1.54, 1.807) is 14.2 Å². The summed E-state index contributed by atoms with van der Waals surface area (Å²) in [6.45, 7) is 0. The molecule has 0 saturated heterocycles. The van der Waals surface area contributed by atoms with E-state index >= 15 is 0 Å². The average molecular weight is 393 g/mol. The molecule has 1 unspecified atom stereocenters. The molecule has 28 heavy (non-hydrogen) atoms. The van der Waals surface area contributed by atoms with Gasteiger partial charge in [0.05, 0.1) is 19.5 Å². The largest absolute Gasteiger partial charge is 0.497 e. The van der Waals surface area contributed by atoms with Crippen LogP contribution in [0.4, 0.5) is 0 Å². The Morgan fingerprint density at radius 3 is 1.75 bits per heavy atom. The first kappa shape index (κ1) is 19.9. The van der Waals surface area contributed by atoms with Crippen molar-refractivity contribution in [3.05, 3.63) is 102 Å². The minimum absolute atomic E-state index is 0.225. The molecule has 144 valence electrons. The van der Waals surface area contributed by atoms with Gasteiger partial charge < -0.3 is 9.47 Å². The highest BCUT2D eigenvalue weighted by atomic mass is 32.2. The molecule has 0 bridgehead atoms. The Morgan fingerprint density at radius 2 is 1.29 bits per heavy atom. The maximum Gasteiger partial charge on any atom is 0.118 e. The second-order valence-electron chi connectivity index (χ2n) is 6.29. The number of hydrogen-bond acceptors (Lipinski definition) is 3. The van der Waals surface area contributed by atoms with Gasteiger partial charge in [0.1, 0.15) is 11.5 Å². The van der Waals surface area contributed by atoms with Crippen molar-refractivity contribution < 1.29 is 13.7 Å².